The minimum absolute atomic E-state index is 0.0250. The number of hydrogen-bond acceptors (Lipinski definition) is 11. The summed E-state index contributed by atoms with van der Waals surface area (Å²) in [5, 5.41) is 10.8. The van der Waals surface area contributed by atoms with Crippen LogP contribution in [0.1, 0.15) is 63.2 Å². The summed E-state index contributed by atoms with van der Waals surface area (Å²) in [4.78, 5) is 45.9. The molecule has 3 aliphatic heterocycles. The molecule has 306 valence electrons. The normalized spacial score (nSPS) is 20.8. The lowest BCUT2D eigenvalue weighted by Crippen LogP contribution is -2.56. The Labute approximate surface area is 345 Å². The average molecular weight is 824 g/mol. The van der Waals surface area contributed by atoms with Crippen LogP contribution in [0.5, 0.6) is 6.01 Å². The number of halogens is 3. The van der Waals surface area contributed by atoms with Crippen molar-refractivity contribution >= 4 is 51.2 Å². The molecule has 1 amide bonds. The second kappa shape index (κ2) is 16.2. The van der Waals surface area contributed by atoms with Crippen molar-refractivity contribution < 1.29 is 32.6 Å². The number of fused-ring (bicyclic) bond motifs is 3. The molecule has 3 aliphatic rings. The fraction of sp³-hybridized carbons (Fsp3) is 0.409. The molecule has 2 unspecified atom stereocenters. The molecule has 0 saturated carbocycles. The van der Waals surface area contributed by atoms with Crippen LogP contribution in [0, 0.1) is 23.0 Å². The van der Waals surface area contributed by atoms with Gasteiger partial charge in [0.15, 0.2) is 5.82 Å². The van der Waals surface area contributed by atoms with Crippen molar-refractivity contribution in [2.45, 2.75) is 76.1 Å². The number of pyridine rings is 1. The molecule has 2 aromatic heterocycles. The van der Waals surface area contributed by atoms with E-state index in [-0.39, 0.29) is 84.4 Å². The SMILES string of the molecule is CC(C)(C)OC(=O)N1CCN(c2nc(OCC3CCC4(COC(=O)c5ccccc5)CCCN34)nc3c(F)c(-c4cccc5ccc(F)c(Cl)c45)ncc23)C[C@@H]1CC#N. The van der Waals surface area contributed by atoms with Crippen molar-refractivity contribution in [3.63, 3.8) is 0 Å². The van der Waals surface area contributed by atoms with Crippen molar-refractivity contribution in [3.8, 4) is 23.3 Å². The standard InChI is InChI=1S/C44H44ClF2N7O5/c1-43(2,3)59-42(56)53-22-21-52(24-29(53)16-19-48)39-32-23-49-37(31-12-7-11-27-13-14-33(46)35(45)34(27)31)36(47)38(32)50-41(51-39)57-25-30-15-18-44(17-8-20-54(30)44)26-58-40(55)28-9-5-4-6-10-28/h4-7,9-14,23,29-30H,8,15-18,20-22,24-26H2,1-3H3/t29-,30?,44?/m0/s1. The number of nitrogens with zero attached hydrogens (tertiary/aromatic N) is 7. The number of amides is 1. The van der Waals surface area contributed by atoms with E-state index in [4.69, 9.17) is 30.8 Å². The Bertz CT molecular complexity index is 2460. The van der Waals surface area contributed by atoms with Crippen LogP contribution < -0.4 is 9.64 Å². The molecule has 3 fully saturated rings. The molecule has 3 saturated heterocycles. The van der Waals surface area contributed by atoms with Gasteiger partial charge in [-0.2, -0.15) is 15.2 Å². The van der Waals surface area contributed by atoms with Gasteiger partial charge in [0.2, 0.25) is 0 Å². The number of piperazine rings is 1. The highest BCUT2D eigenvalue weighted by Gasteiger charge is 2.50. The summed E-state index contributed by atoms with van der Waals surface area (Å²) in [5.74, 6) is -1.45. The largest absolute Gasteiger partial charge is 0.462 e. The van der Waals surface area contributed by atoms with Crippen molar-refractivity contribution in [2.24, 2.45) is 0 Å². The first-order chi connectivity index (χ1) is 28.4. The van der Waals surface area contributed by atoms with E-state index in [0.29, 0.717) is 27.7 Å². The molecule has 8 rings (SSSR count). The van der Waals surface area contributed by atoms with Gasteiger partial charge in [-0.05, 0) is 76.6 Å². The summed E-state index contributed by atoms with van der Waals surface area (Å²) >= 11 is 6.46. The number of ether oxygens (including phenoxy) is 3. The first-order valence-corrected chi connectivity index (χ1v) is 20.2. The Hall–Kier alpha value is -5.65. The number of carbonyl (C=O) groups excluding carboxylic acids is 2. The molecular weight excluding hydrogens is 780 g/mol. The predicted octanol–water partition coefficient (Wildman–Crippen LogP) is 8.35. The third-order valence-corrected chi connectivity index (χ3v) is 11.9. The van der Waals surface area contributed by atoms with Gasteiger partial charge < -0.3 is 24.0 Å². The van der Waals surface area contributed by atoms with Crippen LogP contribution in [0.25, 0.3) is 32.9 Å². The maximum Gasteiger partial charge on any atom is 0.410 e. The molecule has 0 N–H and O–H groups in total. The van der Waals surface area contributed by atoms with E-state index < -0.39 is 29.4 Å². The quantitative estimate of drug-likeness (QED) is 0.133. The van der Waals surface area contributed by atoms with E-state index in [9.17, 15) is 19.2 Å². The second-order valence-corrected chi connectivity index (χ2v) is 16.8. The first kappa shape index (κ1) is 40.1. The minimum atomic E-state index is -0.774. The zero-order valence-corrected chi connectivity index (χ0v) is 33.8. The van der Waals surface area contributed by atoms with Crippen LogP contribution >= 0.6 is 11.6 Å². The molecule has 5 aromatic rings. The lowest BCUT2D eigenvalue weighted by molar-refractivity contribution is 0.0141. The topological polar surface area (TPSA) is 134 Å². The van der Waals surface area contributed by atoms with Gasteiger partial charge in [0.05, 0.1) is 40.0 Å². The lowest BCUT2D eigenvalue weighted by Gasteiger charge is -2.41. The molecule has 15 heteroatoms. The lowest BCUT2D eigenvalue weighted by atomic mass is 9.95. The summed E-state index contributed by atoms with van der Waals surface area (Å²) in [7, 11) is 0. The van der Waals surface area contributed by atoms with Crippen molar-refractivity contribution in [1.29, 1.82) is 5.26 Å². The Morgan fingerprint density at radius 2 is 1.81 bits per heavy atom. The fourth-order valence-electron chi connectivity index (χ4n) is 8.73. The van der Waals surface area contributed by atoms with Crippen molar-refractivity contribution in [2.75, 3.05) is 44.3 Å². The second-order valence-electron chi connectivity index (χ2n) is 16.4. The number of anilines is 1. The number of esters is 1. The van der Waals surface area contributed by atoms with Gasteiger partial charge in [-0.3, -0.25) is 9.88 Å². The highest BCUT2D eigenvalue weighted by molar-refractivity contribution is 6.36. The van der Waals surface area contributed by atoms with Gasteiger partial charge in [0.1, 0.15) is 41.7 Å². The molecule has 3 aromatic carbocycles. The number of benzene rings is 3. The van der Waals surface area contributed by atoms with Crippen LogP contribution in [0.2, 0.25) is 5.02 Å². The molecule has 0 spiro atoms. The van der Waals surface area contributed by atoms with E-state index in [0.717, 1.165) is 32.2 Å². The Kier molecular flexibility index (Phi) is 11.0. The molecular formula is C44H44ClF2N7O5. The van der Waals surface area contributed by atoms with E-state index in [2.05, 4.69) is 20.9 Å². The number of nitriles is 1. The van der Waals surface area contributed by atoms with E-state index in [1.54, 1.807) is 74.2 Å². The third kappa shape index (κ3) is 7.93. The summed E-state index contributed by atoms with van der Waals surface area (Å²) in [6.45, 7) is 7.30. The summed E-state index contributed by atoms with van der Waals surface area (Å²) < 4.78 is 49.7. The van der Waals surface area contributed by atoms with Gasteiger partial charge in [-0.1, -0.05) is 54.1 Å². The van der Waals surface area contributed by atoms with Gasteiger partial charge in [-0.25, -0.2) is 18.4 Å². The zero-order chi connectivity index (χ0) is 41.5. The Balaban J connectivity index is 1.12. The van der Waals surface area contributed by atoms with Crippen LogP contribution in [-0.2, 0) is 9.47 Å². The summed E-state index contributed by atoms with van der Waals surface area (Å²) in [6, 6.07) is 18.4. The van der Waals surface area contributed by atoms with Crippen molar-refractivity contribution in [3.05, 3.63) is 89.1 Å². The van der Waals surface area contributed by atoms with E-state index >= 15 is 4.39 Å². The predicted molar refractivity (Wildman–Crippen MR) is 218 cm³/mol. The maximum atomic E-state index is 17.1. The van der Waals surface area contributed by atoms with Gasteiger partial charge >= 0.3 is 18.1 Å². The molecule has 3 atom stereocenters. The zero-order valence-electron chi connectivity index (χ0n) is 33.1. The molecule has 59 heavy (non-hydrogen) atoms. The van der Waals surface area contributed by atoms with Gasteiger partial charge in [0, 0.05) is 42.8 Å². The summed E-state index contributed by atoms with van der Waals surface area (Å²) in [5.41, 5.74) is -0.405. The number of rotatable bonds is 9. The highest BCUT2D eigenvalue weighted by Crippen LogP contribution is 2.43. The number of aromatic nitrogens is 3. The average Bonchev–Trinajstić information content (AvgIpc) is 3.79. The molecule has 0 bridgehead atoms. The first-order valence-electron chi connectivity index (χ1n) is 19.8. The van der Waals surface area contributed by atoms with E-state index in [1.807, 2.05) is 11.0 Å². The molecule has 5 heterocycles. The smallest absolute Gasteiger partial charge is 0.410 e. The summed E-state index contributed by atoms with van der Waals surface area (Å²) in [6.07, 6.45) is 4.39. The molecule has 12 nitrogen and oxygen atoms in total. The Morgan fingerprint density at radius 3 is 2.59 bits per heavy atom. The van der Waals surface area contributed by atoms with Gasteiger partial charge in [-0.15, -0.1) is 0 Å². The van der Waals surface area contributed by atoms with Crippen LogP contribution in [0.4, 0.5) is 19.4 Å². The van der Waals surface area contributed by atoms with Crippen LogP contribution in [0.3, 0.4) is 0 Å². The van der Waals surface area contributed by atoms with E-state index in [1.165, 1.54) is 12.3 Å². The fourth-order valence-corrected chi connectivity index (χ4v) is 9.00. The van der Waals surface area contributed by atoms with Crippen molar-refractivity contribution in [1.82, 2.24) is 24.8 Å². The minimum Gasteiger partial charge on any atom is -0.462 e. The number of carbonyl (C=O) groups is 2. The molecule has 0 aliphatic carbocycles. The monoisotopic (exact) mass is 823 g/mol. The third-order valence-electron chi connectivity index (χ3n) is 11.5. The van der Waals surface area contributed by atoms with Crippen LogP contribution in [-0.4, -0.2) is 99.4 Å². The van der Waals surface area contributed by atoms with Gasteiger partial charge in [0.25, 0.3) is 0 Å². The van der Waals surface area contributed by atoms with Crippen LogP contribution in [0.15, 0.2) is 66.9 Å². The maximum absolute atomic E-state index is 17.1. The molecule has 0 radical (unpaired) electrons. The Morgan fingerprint density at radius 1 is 1.00 bits per heavy atom. The number of hydrogen-bond donors (Lipinski definition) is 0. The highest BCUT2D eigenvalue weighted by atomic mass is 35.5.